The van der Waals surface area contributed by atoms with Gasteiger partial charge in [0, 0.05) is 50.4 Å². The molecule has 25 heavy (non-hydrogen) atoms. The molecule has 1 aromatic carbocycles. The van der Waals surface area contributed by atoms with E-state index in [2.05, 4.69) is 65.8 Å². The highest BCUT2D eigenvalue weighted by Gasteiger charge is 2.31. The molecule has 0 spiro atoms. The van der Waals surface area contributed by atoms with Gasteiger partial charge in [-0.25, -0.2) is 0 Å². The number of carboxylic acids is 1. The number of aromatic nitrogens is 1. The van der Waals surface area contributed by atoms with Crippen LogP contribution < -0.4 is 0 Å². The van der Waals surface area contributed by atoms with Gasteiger partial charge in [-0.3, -0.25) is 9.69 Å². The first-order valence-electron chi connectivity index (χ1n) is 9.09. The first kappa shape index (κ1) is 18.0. The molecule has 0 aliphatic carbocycles. The van der Waals surface area contributed by atoms with E-state index in [0.717, 1.165) is 32.5 Å². The summed E-state index contributed by atoms with van der Waals surface area (Å²) in [5, 5.41) is 10.3. The topological polar surface area (TPSA) is 48.7 Å². The molecule has 1 saturated heterocycles. The summed E-state index contributed by atoms with van der Waals surface area (Å²) in [5.41, 5.74) is 2.59. The van der Waals surface area contributed by atoms with E-state index in [-0.39, 0.29) is 6.42 Å². The molecule has 1 aliphatic heterocycles. The predicted octanol–water partition coefficient (Wildman–Crippen LogP) is 2.80. The van der Waals surface area contributed by atoms with Crippen molar-refractivity contribution >= 4 is 16.9 Å². The van der Waals surface area contributed by atoms with Crippen molar-refractivity contribution in [3.8, 4) is 0 Å². The minimum absolute atomic E-state index is 0.261. The van der Waals surface area contributed by atoms with E-state index in [1.807, 2.05) is 0 Å². The van der Waals surface area contributed by atoms with Crippen LogP contribution in [-0.4, -0.2) is 58.7 Å². The second kappa shape index (κ2) is 7.58. The summed E-state index contributed by atoms with van der Waals surface area (Å²) < 4.78 is 2.28. The molecule has 0 saturated carbocycles. The lowest BCUT2D eigenvalue weighted by Gasteiger charge is -2.41. The monoisotopic (exact) mass is 343 g/mol. The van der Waals surface area contributed by atoms with Gasteiger partial charge >= 0.3 is 5.97 Å². The van der Waals surface area contributed by atoms with Gasteiger partial charge in [-0.05, 0) is 50.4 Å². The van der Waals surface area contributed by atoms with Crippen LogP contribution in [0.1, 0.15) is 25.0 Å². The number of hydrogen-bond acceptors (Lipinski definition) is 3. The highest BCUT2D eigenvalue weighted by atomic mass is 16.4. The summed E-state index contributed by atoms with van der Waals surface area (Å²) in [6.07, 6.45) is 2.11. The van der Waals surface area contributed by atoms with Crippen LogP contribution in [0.3, 0.4) is 0 Å². The summed E-state index contributed by atoms with van der Waals surface area (Å²) >= 11 is 0. The number of para-hydroxylation sites is 1. The summed E-state index contributed by atoms with van der Waals surface area (Å²) in [6.45, 7) is 2.96. The standard InChI is InChI=1S/C20H29N3O2/c1-21(2)18-10-11-23(13-16(18)8-9-20(24)25)14-17-12-15-6-4-5-7-19(15)22(17)3/h4-7,12,16,18H,8-11,13-14H2,1-3H3,(H,24,25)/t16-,18+/m0/s1. The maximum absolute atomic E-state index is 11.0. The molecular weight excluding hydrogens is 314 g/mol. The van der Waals surface area contributed by atoms with Gasteiger partial charge < -0.3 is 14.6 Å². The summed E-state index contributed by atoms with van der Waals surface area (Å²) in [5.74, 6) is -0.280. The van der Waals surface area contributed by atoms with Crippen LogP contribution in [0.25, 0.3) is 10.9 Å². The van der Waals surface area contributed by atoms with Gasteiger partial charge in [-0.15, -0.1) is 0 Å². The van der Waals surface area contributed by atoms with Crippen LogP contribution in [-0.2, 0) is 18.4 Å². The van der Waals surface area contributed by atoms with Crippen LogP contribution in [0.2, 0.25) is 0 Å². The molecular formula is C20H29N3O2. The minimum atomic E-state index is -0.691. The Kier molecular flexibility index (Phi) is 5.45. The molecule has 2 heterocycles. The predicted molar refractivity (Wildman–Crippen MR) is 101 cm³/mol. The normalized spacial score (nSPS) is 21.9. The van der Waals surface area contributed by atoms with Crippen LogP contribution >= 0.6 is 0 Å². The Hall–Kier alpha value is -1.85. The smallest absolute Gasteiger partial charge is 0.303 e. The fourth-order valence-electron chi connectivity index (χ4n) is 4.24. The van der Waals surface area contributed by atoms with Gasteiger partial charge in [0.05, 0.1) is 0 Å². The second-order valence-electron chi connectivity index (χ2n) is 7.50. The van der Waals surface area contributed by atoms with Gasteiger partial charge in [0.15, 0.2) is 0 Å². The molecule has 1 N–H and O–H groups in total. The van der Waals surface area contributed by atoms with Crippen LogP contribution in [0, 0.1) is 5.92 Å². The SMILES string of the molecule is CN(C)[C@@H]1CCN(Cc2cc3ccccc3n2C)C[C@@H]1CCC(=O)O. The van der Waals surface area contributed by atoms with Crippen molar-refractivity contribution in [1.29, 1.82) is 0 Å². The maximum Gasteiger partial charge on any atom is 0.303 e. The van der Waals surface area contributed by atoms with E-state index >= 15 is 0 Å². The average Bonchev–Trinajstić information content (AvgIpc) is 2.89. The van der Waals surface area contributed by atoms with Crippen molar-refractivity contribution in [2.75, 3.05) is 27.2 Å². The lowest BCUT2D eigenvalue weighted by molar-refractivity contribution is -0.137. The molecule has 2 atom stereocenters. The Morgan fingerprint density at radius 1 is 1.32 bits per heavy atom. The fraction of sp³-hybridized carbons (Fsp3) is 0.550. The zero-order valence-corrected chi connectivity index (χ0v) is 15.5. The van der Waals surface area contributed by atoms with Crippen molar-refractivity contribution in [3.05, 3.63) is 36.0 Å². The summed E-state index contributed by atoms with van der Waals surface area (Å²) in [4.78, 5) is 15.8. The molecule has 136 valence electrons. The van der Waals surface area contributed by atoms with Crippen LogP contribution in [0.5, 0.6) is 0 Å². The highest BCUT2D eigenvalue weighted by molar-refractivity contribution is 5.81. The first-order valence-corrected chi connectivity index (χ1v) is 9.09. The summed E-state index contributed by atoms with van der Waals surface area (Å²) in [6, 6.07) is 11.2. The molecule has 3 rings (SSSR count). The van der Waals surface area contributed by atoms with Crippen molar-refractivity contribution < 1.29 is 9.90 Å². The third kappa shape index (κ3) is 4.05. The molecule has 0 bridgehead atoms. The van der Waals surface area contributed by atoms with Gasteiger partial charge in [0.25, 0.3) is 0 Å². The van der Waals surface area contributed by atoms with Gasteiger partial charge in [-0.1, -0.05) is 18.2 Å². The number of aliphatic carboxylic acids is 1. The number of benzene rings is 1. The van der Waals surface area contributed by atoms with Crippen molar-refractivity contribution in [2.24, 2.45) is 13.0 Å². The Balaban J connectivity index is 1.71. The lowest BCUT2D eigenvalue weighted by atomic mass is 9.87. The van der Waals surface area contributed by atoms with Gasteiger partial charge in [0.1, 0.15) is 0 Å². The molecule has 1 fully saturated rings. The van der Waals surface area contributed by atoms with Crippen LogP contribution in [0.4, 0.5) is 0 Å². The number of likely N-dealkylation sites (tertiary alicyclic amines) is 1. The number of nitrogens with zero attached hydrogens (tertiary/aromatic N) is 3. The number of rotatable bonds is 6. The van der Waals surface area contributed by atoms with Gasteiger partial charge in [-0.2, -0.15) is 0 Å². The Labute approximate surface area is 149 Å². The van der Waals surface area contributed by atoms with Gasteiger partial charge in [0.2, 0.25) is 0 Å². The maximum atomic E-state index is 11.0. The van der Waals surface area contributed by atoms with Crippen molar-refractivity contribution in [1.82, 2.24) is 14.4 Å². The van der Waals surface area contributed by atoms with E-state index in [1.165, 1.54) is 16.6 Å². The molecule has 5 heteroatoms. The third-order valence-electron chi connectivity index (χ3n) is 5.61. The molecule has 0 amide bonds. The fourth-order valence-corrected chi connectivity index (χ4v) is 4.24. The molecule has 0 radical (unpaired) electrons. The average molecular weight is 343 g/mol. The van der Waals surface area contributed by atoms with E-state index in [0.29, 0.717) is 12.0 Å². The Bertz CT molecular complexity index is 738. The number of carbonyl (C=O) groups is 1. The second-order valence-corrected chi connectivity index (χ2v) is 7.50. The van der Waals surface area contributed by atoms with E-state index in [9.17, 15) is 4.79 Å². The number of carboxylic acid groups (broad SMARTS) is 1. The van der Waals surface area contributed by atoms with Crippen molar-refractivity contribution in [2.45, 2.75) is 31.8 Å². The highest BCUT2D eigenvalue weighted by Crippen LogP contribution is 2.27. The van der Waals surface area contributed by atoms with E-state index in [4.69, 9.17) is 5.11 Å². The minimum Gasteiger partial charge on any atom is -0.481 e. The summed E-state index contributed by atoms with van der Waals surface area (Å²) in [7, 11) is 6.35. The van der Waals surface area contributed by atoms with E-state index < -0.39 is 5.97 Å². The first-order chi connectivity index (χ1) is 12.0. The number of hydrogen-bond donors (Lipinski definition) is 1. The largest absolute Gasteiger partial charge is 0.481 e. The number of fused-ring (bicyclic) bond motifs is 1. The molecule has 5 nitrogen and oxygen atoms in total. The zero-order valence-electron chi connectivity index (χ0n) is 15.5. The van der Waals surface area contributed by atoms with Crippen LogP contribution in [0.15, 0.2) is 30.3 Å². The molecule has 1 aromatic heterocycles. The Morgan fingerprint density at radius 3 is 2.76 bits per heavy atom. The number of aryl methyl sites for hydroxylation is 1. The third-order valence-corrected chi connectivity index (χ3v) is 5.61. The lowest BCUT2D eigenvalue weighted by Crippen LogP contribution is -2.48. The molecule has 2 aromatic rings. The van der Waals surface area contributed by atoms with Crippen molar-refractivity contribution in [3.63, 3.8) is 0 Å². The van der Waals surface area contributed by atoms with E-state index in [1.54, 1.807) is 0 Å². The molecule has 0 unspecified atom stereocenters. The Morgan fingerprint density at radius 2 is 2.08 bits per heavy atom. The molecule has 1 aliphatic rings. The quantitative estimate of drug-likeness (QED) is 0.876. The number of piperidine rings is 1. The zero-order chi connectivity index (χ0) is 18.0.